The van der Waals surface area contributed by atoms with Crippen LogP contribution in [0.4, 0.5) is 0 Å². The molecule has 0 aliphatic heterocycles. The number of rotatable bonds is 3. The van der Waals surface area contributed by atoms with Crippen LogP contribution in [0.15, 0.2) is 188 Å². The Kier molecular flexibility index (Phi) is 6.04. The van der Waals surface area contributed by atoms with E-state index in [1.807, 2.05) is 6.07 Å². The Morgan fingerprint density at radius 1 is 0.263 bits per heavy atom. The van der Waals surface area contributed by atoms with Gasteiger partial charge < -0.3 is 9.13 Å². The van der Waals surface area contributed by atoms with Gasteiger partial charge in [0.05, 0.1) is 60.9 Å². The minimum Gasteiger partial charge on any atom is -0.309 e. The van der Waals surface area contributed by atoms with Gasteiger partial charge in [0.1, 0.15) is 0 Å². The maximum atomic E-state index is 5.33. The number of benzene rings is 8. The number of hydrogen-bond donors (Lipinski definition) is 0. The van der Waals surface area contributed by atoms with Crippen molar-refractivity contribution in [2.45, 2.75) is 0 Å². The molecule has 0 saturated heterocycles. The molecular weight excluding hydrogens is 699 g/mol. The Hall–Kier alpha value is -7.90. The highest BCUT2D eigenvalue weighted by Gasteiger charge is 2.21. The third kappa shape index (κ3) is 4.14. The molecule has 0 unspecified atom stereocenters. The van der Waals surface area contributed by atoms with Crippen LogP contribution in [-0.2, 0) is 0 Å². The molecule has 0 bridgehead atoms. The van der Waals surface area contributed by atoms with Crippen LogP contribution in [0.3, 0.4) is 0 Å². The number of aromatic nitrogens is 7. The first kappa shape index (κ1) is 30.4. The molecule has 0 fully saturated rings. The molecule has 266 valence electrons. The zero-order valence-corrected chi connectivity index (χ0v) is 30.5. The Balaban J connectivity index is 1.15. The maximum absolute atomic E-state index is 5.33. The molecule has 0 saturated carbocycles. The zero-order valence-electron chi connectivity index (χ0n) is 30.5. The minimum absolute atomic E-state index is 0.785. The first-order valence-electron chi connectivity index (χ1n) is 19.3. The Bertz CT molecular complexity index is 3760. The van der Waals surface area contributed by atoms with Crippen molar-refractivity contribution in [1.82, 2.24) is 32.5 Å². The van der Waals surface area contributed by atoms with E-state index in [1.54, 1.807) is 0 Å². The second-order valence-corrected chi connectivity index (χ2v) is 14.7. The van der Waals surface area contributed by atoms with Crippen molar-refractivity contribution in [2.24, 2.45) is 0 Å². The molecule has 0 spiro atoms. The standard InChI is InChI=1S/C50H31N7/c1-2-14-32(15-3-1)55-49-51-39-19-7-12-24-45(39)56(49)47-29-27-34(31-48(47)57-46-25-13-8-20-40(46)52-50(55)57)54-43-23-11-6-18-37(43)38-30-33(26-28-44(38)54)53-41-21-9-4-16-35(41)36-17-5-10-22-42(36)53/h1-31H. The van der Waals surface area contributed by atoms with Crippen LogP contribution in [0.2, 0.25) is 0 Å². The second-order valence-electron chi connectivity index (χ2n) is 14.7. The van der Waals surface area contributed by atoms with E-state index in [2.05, 4.69) is 204 Å². The summed E-state index contributed by atoms with van der Waals surface area (Å²) in [5, 5.41) is 4.92. The van der Waals surface area contributed by atoms with E-state index in [0.29, 0.717) is 0 Å². The molecule has 5 heterocycles. The van der Waals surface area contributed by atoms with Gasteiger partial charge in [-0.3, -0.25) is 8.80 Å². The van der Waals surface area contributed by atoms with Gasteiger partial charge in [0.25, 0.3) is 0 Å². The molecule has 0 amide bonds. The Labute approximate surface area is 324 Å². The topological polar surface area (TPSA) is 49.4 Å². The van der Waals surface area contributed by atoms with Crippen LogP contribution < -0.4 is 0 Å². The van der Waals surface area contributed by atoms with Crippen LogP contribution in [0.5, 0.6) is 0 Å². The van der Waals surface area contributed by atoms with E-state index in [-0.39, 0.29) is 0 Å². The third-order valence-electron chi connectivity index (χ3n) is 11.7. The van der Waals surface area contributed by atoms with E-state index < -0.39 is 0 Å². The molecule has 57 heavy (non-hydrogen) atoms. The van der Waals surface area contributed by atoms with Gasteiger partial charge in [0.15, 0.2) is 0 Å². The third-order valence-corrected chi connectivity index (χ3v) is 11.7. The average Bonchev–Trinajstić information content (AvgIpc) is 4.00. The molecule has 0 N–H and O–H groups in total. The molecule has 13 rings (SSSR count). The molecule has 0 aliphatic rings. The monoisotopic (exact) mass is 729 g/mol. The highest BCUT2D eigenvalue weighted by molar-refractivity contribution is 6.12. The molecule has 0 radical (unpaired) electrons. The molecule has 7 nitrogen and oxygen atoms in total. The minimum atomic E-state index is 0.785. The second kappa shape index (κ2) is 11.3. The van der Waals surface area contributed by atoms with Gasteiger partial charge >= 0.3 is 0 Å². The molecule has 5 aromatic heterocycles. The summed E-state index contributed by atoms with van der Waals surface area (Å²) in [7, 11) is 0. The number of para-hydroxylation sites is 8. The lowest BCUT2D eigenvalue weighted by Crippen LogP contribution is -2.01. The maximum Gasteiger partial charge on any atom is 0.223 e. The van der Waals surface area contributed by atoms with E-state index in [1.165, 1.54) is 32.6 Å². The fraction of sp³-hybridized carbons (Fsp3) is 0. The quantitative estimate of drug-likeness (QED) is 0.182. The highest BCUT2D eigenvalue weighted by atomic mass is 15.3. The summed E-state index contributed by atoms with van der Waals surface area (Å²) >= 11 is 0. The summed E-state index contributed by atoms with van der Waals surface area (Å²) in [6, 6.07) is 67.1. The van der Waals surface area contributed by atoms with Crippen molar-refractivity contribution >= 4 is 88.3 Å². The summed E-state index contributed by atoms with van der Waals surface area (Å²) in [6.45, 7) is 0. The summed E-state index contributed by atoms with van der Waals surface area (Å²) in [5.41, 5.74) is 13.8. The van der Waals surface area contributed by atoms with Crippen molar-refractivity contribution in [3.05, 3.63) is 188 Å². The summed E-state index contributed by atoms with van der Waals surface area (Å²) < 4.78 is 11.6. The van der Waals surface area contributed by atoms with Crippen LogP contribution >= 0.6 is 0 Å². The number of imidazole rings is 2. The molecule has 8 aromatic carbocycles. The van der Waals surface area contributed by atoms with Gasteiger partial charge in [-0.2, -0.15) is 0 Å². The summed E-state index contributed by atoms with van der Waals surface area (Å²) in [4.78, 5) is 10.6. The SMILES string of the molecule is c1ccc(-n2c3nc4ccccc4n3c3ccc(-n4c5ccccc5c5cc(-n6c7ccccc7c7ccccc76)ccc54)cc3n3c4ccccc4nc23)cc1. The van der Waals surface area contributed by atoms with Crippen LogP contribution in [-0.4, -0.2) is 32.5 Å². The Morgan fingerprint density at radius 2 is 0.684 bits per heavy atom. The van der Waals surface area contributed by atoms with Gasteiger partial charge in [0.2, 0.25) is 11.6 Å². The molecule has 13 aromatic rings. The van der Waals surface area contributed by atoms with E-state index >= 15 is 0 Å². The lowest BCUT2D eigenvalue weighted by Gasteiger charge is -2.11. The van der Waals surface area contributed by atoms with Gasteiger partial charge in [-0.05, 0) is 91.0 Å². The Morgan fingerprint density at radius 3 is 1.26 bits per heavy atom. The van der Waals surface area contributed by atoms with Gasteiger partial charge in [-0.15, -0.1) is 0 Å². The van der Waals surface area contributed by atoms with Crippen LogP contribution in [0.25, 0.3) is 105 Å². The van der Waals surface area contributed by atoms with Gasteiger partial charge in [-0.1, -0.05) is 97.1 Å². The molecule has 7 heteroatoms. The summed E-state index contributed by atoms with van der Waals surface area (Å²) in [6.07, 6.45) is 0. The average molecular weight is 730 g/mol. The first-order chi connectivity index (χ1) is 28.3. The van der Waals surface area contributed by atoms with E-state index in [0.717, 1.165) is 72.8 Å². The van der Waals surface area contributed by atoms with Crippen LogP contribution in [0.1, 0.15) is 0 Å². The highest BCUT2D eigenvalue weighted by Crippen LogP contribution is 2.38. The predicted octanol–water partition coefficient (Wildman–Crippen LogP) is 12.0. The van der Waals surface area contributed by atoms with E-state index in [9.17, 15) is 0 Å². The lowest BCUT2D eigenvalue weighted by atomic mass is 10.1. The molecular formula is C50H31N7. The number of nitrogens with zero attached hydrogens (tertiary/aromatic N) is 7. The van der Waals surface area contributed by atoms with Crippen molar-refractivity contribution < 1.29 is 0 Å². The van der Waals surface area contributed by atoms with Crippen molar-refractivity contribution in [3.63, 3.8) is 0 Å². The van der Waals surface area contributed by atoms with E-state index in [4.69, 9.17) is 9.97 Å². The summed E-state index contributed by atoms with van der Waals surface area (Å²) in [5.74, 6) is 1.58. The normalized spacial score (nSPS) is 12.2. The molecule has 0 aliphatic carbocycles. The fourth-order valence-electron chi connectivity index (χ4n) is 9.30. The number of hydrogen-bond acceptors (Lipinski definition) is 2. The molecule has 0 atom stereocenters. The largest absolute Gasteiger partial charge is 0.309 e. The number of fused-ring (bicyclic) bond motifs is 15. The van der Waals surface area contributed by atoms with Crippen LogP contribution in [0, 0.1) is 0 Å². The predicted molar refractivity (Wildman–Crippen MR) is 233 cm³/mol. The zero-order chi connectivity index (χ0) is 37.2. The van der Waals surface area contributed by atoms with Gasteiger partial charge in [-0.25, -0.2) is 14.5 Å². The first-order valence-corrected chi connectivity index (χ1v) is 19.3. The van der Waals surface area contributed by atoms with Crippen molar-refractivity contribution in [2.75, 3.05) is 0 Å². The fourth-order valence-corrected chi connectivity index (χ4v) is 9.30. The smallest absolute Gasteiger partial charge is 0.223 e. The lowest BCUT2D eigenvalue weighted by molar-refractivity contribution is 1.03. The van der Waals surface area contributed by atoms with Crippen molar-refractivity contribution in [3.8, 4) is 17.1 Å². The van der Waals surface area contributed by atoms with Gasteiger partial charge in [0, 0.05) is 32.9 Å². The van der Waals surface area contributed by atoms with Crippen molar-refractivity contribution in [1.29, 1.82) is 0 Å².